The fraction of sp³-hybridized carbons (Fsp3) is 0.385. The molecule has 0 unspecified atom stereocenters. The Morgan fingerprint density at radius 3 is 2.57 bits per heavy atom. The standard InChI is InChI=1S/C13H17FN4O4S/c1-6-4-5-9(14)10(7(6)2)8(3)11(18-23(15,20)21)12-16-17-13(19)22-12/h4-5,8,11,18H,1-3H3,(H,17,19)(H2,15,20,21)/t8-,11+/m1/s1. The number of aryl methyl sites for hydroxylation is 1. The highest BCUT2D eigenvalue weighted by molar-refractivity contribution is 7.87. The van der Waals surface area contributed by atoms with Crippen molar-refractivity contribution in [2.45, 2.75) is 32.7 Å². The van der Waals surface area contributed by atoms with Gasteiger partial charge in [-0.15, -0.1) is 5.10 Å². The Bertz CT molecular complexity index is 874. The molecule has 2 atom stereocenters. The first-order valence-corrected chi connectivity index (χ1v) is 8.26. The second kappa shape index (κ2) is 6.22. The highest BCUT2D eigenvalue weighted by Gasteiger charge is 2.31. The number of nitrogens with two attached hydrogens (primary N) is 1. The molecule has 0 aliphatic heterocycles. The van der Waals surface area contributed by atoms with Crippen molar-refractivity contribution in [1.29, 1.82) is 0 Å². The Balaban J connectivity index is 2.55. The third kappa shape index (κ3) is 3.84. The van der Waals surface area contributed by atoms with E-state index in [9.17, 15) is 17.6 Å². The zero-order chi connectivity index (χ0) is 17.4. The molecule has 1 heterocycles. The van der Waals surface area contributed by atoms with Gasteiger partial charge in [0, 0.05) is 5.92 Å². The van der Waals surface area contributed by atoms with Crippen molar-refractivity contribution in [2.75, 3.05) is 0 Å². The van der Waals surface area contributed by atoms with Gasteiger partial charge in [0.25, 0.3) is 10.2 Å². The molecule has 23 heavy (non-hydrogen) atoms. The van der Waals surface area contributed by atoms with E-state index in [-0.39, 0.29) is 11.5 Å². The summed E-state index contributed by atoms with van der Waals surface area (Å²) in [7, 11) is -4.14. The molecule has 10 heteroatoms. The minimum atomic E-state index is -4.14. The van der Waals surface area contributed by atoms with Crippen molar-refractivity contribution in [2.24, 2.45) is 5.14 Å². The van der Waals surface area contributed by atoms with Crippen molar-refractivity contribution >= 4 is 10.2 Å². The minimum absolute atomic E-state index is 0.225. The van der Waals surface area contributed by atoms with Crippen LogP contribution in [0.2, 0.25) is 0 Å². The van der Waals surface area contributed by atoms with E-state index in [0.717, 1.165) is 5.56 Å². The smallest absolute Gasteiger partial charge is 0.391 e. The molecule has 0 bridgehead atoms. The topological polar surface area (TPSA) is 131 Å². The molecule has 1 aromatic heterocycles. The van der Waals surface area contributed by atoms with E-state index < -0.39 is 33.7 Å². The maximum absolute atomic E-state index is 14.3. The van der Waals surface area contributed by atoms with E-state index in [1.807, 2.05) is 12.0 Å². The number of aromatic amines is 1. The highest BCUT2D eigenvalue weighted by atomic mass is 32.2. The SMILES string of the molecule is Cc1ccc(F)c([C@@H](C)[C@H](NS(N)(=O)=O)c2n[nH]c(=O)o2)c1C. The molecule has 0 radical (unpaired) electrons. The van der Waals surface area contributed by atoms with Crippen LogP contribution in [0.4, 0.5) is 4.39 Å². The number of nitrogens with one attached hydrogen (secondary N) is 2. The number of hydrogen-bond donors (Lipinski definition) is 3. The second-order valence-corrected chi connectivity index (χ2v) is 6.61. The molecular weight excluding hydrogens is 327 g/mol. The Morgan fingerprint density at radius 1 is 1.39 bits per heavy atom. The van der Waals surface area contributed by atoms with Gasteiger partial charge in [0.1, 0.15) is 11.9 Å². The van der Waals surface area contributed by atoms with Crippen molar-refractivity contribution in [1.82, 2.24) is 14.9 Å². The van der Waals surface area contributed by atoms with Crippen LogP contribution < -0.4 is 15.6 Å². The molecule has 0 fully saturated rings. The first-order valence-electron chi connectivity index (χ1n) is 6.71. The molecule has 0 saturated heterocycles. The van der Waals surface area contributed by atoms with E-state index in [4.69, 9.17) is 9.56 Å². The largest absolute Gasteiger partial charge is 0.434 e. The van der Waals surface area contributed by atoms with Crippen LogP contribution in [0.5, 0.6) is 0 Å². The van der Waals surface area contributed by atoms with Gasteiger partial charge < -0.3 is 4.42 Å². The van der Waals surface area contributed by atoms with E-state index in [0.29, 0.717) is 5.56 Å². The predicted octanol–water partition coefficient (Wildman–Crippen LogP) is 0.757. The average molecular weight is 344 g/mol. The fourth-order valence-electron chi connectivity index (χ4n) is 2.45. The van der Waals surface area contributed by atoms with Crippen LogP contribution in [-0.4, -0.2) is 18.6 Å². The Hall–Kier alpha value is -2.04. The maximum atomic E-state index is 14.3. The lowest BCUT2D eigenvalue weighted by Crippen LogP contribution is -2.37. The van der Waals surface area contributed by atoms with Crippen molar-refractivity contribution < 1.29 is 17.2 Å². The maximum Gasteiger partial charge on any atom is 0.434 e. The van der Waals surface area contributed by atoms with Crippen LogP contribution in [-0.2, 0) is 10.2 Å². The van der Waals surface area contributed by atoms with Gasteiger partial charge in [0.05, 0.1) is 0 Å². The zero-order valence-electron chi connectivity index (χ0n) is 12.8. The van der Waals surface area contributed by atoms with E-state index in [1.54, 1.807) is 19.9 Å². The fourth-order valence-corrected chi connectivity index (χ4v) is 3.11. The van der Waals surface area contributed by atoms with Crippen LogP contribution in [0.25, 0.3) is 0 Å². The van der Waals surface area contributed by atoms with Gasteiger partial charge >= 0.3 is 5.76 Å². The molecular formula is C13H17FN4O4S. The monoisotopic (exact) mass is 344 g/mol. The van der Waals surface area contributed by atoms with Crippen molar-refractivity contribution in [3.05, 3.63) is 51.1 Å². The van der Waals surface area contributed by atoms with Gasteiger partial charge in [0.2, 0.25) is 5.89 Å². The lowest BCUT2D eigenvalue weighted by Gasteiger charge is -2.24. The lowest BCUT2D eigenvalue weighted by atomic mass is 9.88. The van der Waals surface area contributed by atoms with Gasteiger partial charge in [-0.3, -0.25) is 0 Å². The number of aromatic nitrogens is 2. The summed E-state index contributed by atoms with van der Waals surface area (Å²) in [6.45, 7) is 5.11. The number of hydrogen-bond acceptors (Lipinski definition) is 5. The summed E-state index contributed by atoms with van der Waals surface area (Å²) in [6, 6.07) is 1.78. The van der Waals surface area contributed by atoms with Crippen molar-refractivity contribution in [3.8, 4) is 0 Å². The number of nitrogens with zero attached hydrogens (tertiary/aromatic N) is 1. The quantitative estimate of drug-likeness (QED) is 0.737. The lowest BCUT2D eigenvalue weighted by molar-refractivity contribution is 0.377. The molecule has 1 aromatic carbocycles. The molecule has 8 nitrogen and oxygen atoms in total. The summed E-state index contributed by atoms with van der Waals surface area (Å²) >= 11 is 0. The summed E-state index contributed by atoms with van der Waals surface area (Å²) < 4.78 is 44.0. The highest BCUT2D eigenvalue weighted by Crippen LogP contribution is 2.34. The van der Waals surface area contributed by atoms with Crippen LogP contribution in [0.1, 0.15) is 41.5 Å². The first kappa shape index (κ1) is 17.3. The van der Waals surface area contributed by atoms with Gasteiger partial charge in [-0.1, -0.05) is 13.0 Å². The van der Waals surface area contributed by atoms with Crippen LogP contribution >= 0.6 is 0 Å². The van der Waals surface area contributed by atoms with Gasteiger partial charge in [0.15, 0.2) is 0 Å². The third-order valence-corrected chi connectivity index (χ3v) is 4.28. The van der Waals surface area contributed by atoms with Crippen LogP contribution in [0.3, 0.4) is 0 Å². The van der Waals surface area contributed by atoms with Crippen LogP contribution in [0, 0.1) is 19.7 Å². The summed E-state index contributed by atoms with van der Waals surface area (Å²) in [5.74, 6) is -2.30. The summed E-state index contributed by atoms with van der Waals surface area (Å²) in [5, 5.41) is 10.7. The molecule has 0 aliphatic carbocycles. The number of H-pyrrole nitrogens is 1. The van der Waals surface area contributed by atoms with Crippen LogP contribution in [0.15, 0.2) is 21.3 Å². The summed E-state index contributed by atoms with van der Waals surface area (Å²) in [4.78, 5) is 11.1. The van der Waals surface area contributed by atoms with E-state index in [2.05, 4.69) is 9.82 Å². The molecule has 126 valence electrons. The minimum Gasteiger partial charge on any atom is -0.391 e. The molecule has 2 rings (SSSR count). The first-order chi connectivity index (χ1) is 10.6. The normalized spacial score (nSPS) is 14.7. The van der Waals surface area contributed by atoms with E-state index in [1.165, 1.54) is 6.07 Å². The third-order valence-electron chi connectivity index (χ3n) is 3.70. The van der Waals surface area contributed by atoms with Gasteiger partial charge in [-0.2, -0.15) is 13.1 Å². The number of halogens is 1. The summed E-state index contributed by atoms with van der Waals surface area (Å²) in [5.41, 5.74) is 1.79. The Labute approximate surface area is 132 Å². The average Bonchev–Trinajstić information content (AvgIpc) is 2.86. The Morgan fingerprint density at radius 2 is 2.04 bits per heavy atom. The molecule has 0 saturated carbocycles. The molecule has 0 aliphatic rings. The zero-order valence-corrected chi connectivity index (χ0v) is 13.6. The molecule has 2 aromatic rings. The van der Waals surface area contributed by atoms with E-state index >= 15 is 0 Å². The number of benzene rings is 1. The summed E-state index contributed by atoms with van der Waals surface area (Å²) in [6.07, 6.45) is 0. The molecule has 0 amide bonds. The number of rotatable bonds is 5. The van der Waals surface area contributed by atoms with Gasteiger partial charge in [-0.05, 0) is 36.6 Å². The Kier molecular flexibility index (Phi) is 4.68. The predicted molar refractivity (Wildman–Crippen MR) is 80.4 cm³/mol. The van der Waals surface area contributed by atoms with Gasteiger partial charge in [-0.25, -0.2) is 19.4 Å². The van der Waals surface area contributed by atoms with Crippen molar-refractivity contribution in [3.63, 3.8) is 0 Å². The second-order valence-electron chi connectivity index (χ2n) is 5.28. The molecule has 0 spiro atoms. The molecule has 4 N–H and O–H groups in total.